The van der Waals surface area contributed by atoms with Gasteiger partial charge in [0.25, 0.3) is 5.82 Å². The number of anilines is 1. The summed E-state index contributed by atoms with van der Waals surface area (Å²) >= 11 is 0. The Bertz CT molecular complexity index is 504. The van der Waals surface area contributed by atoms with E-state index < -0.39 is 12.0 Å². The van der Waals surface area contributed by atoms with E-state index in [2.05, 4.69) is 15.5 Å². The van der Waals surface area contributed by atoms with Gasteiger partial charge < -0.3 is 5.73 Å². The van der Waals surface area contributed by atoms with Gasteiger partial charge in [0, 0.05) is 5.69 Å². The summed E-state index contributed by atoms with van der Waals surface area (Å²) in [6, 6.07) is 5.86. The van der Waals surface area contributed by atoms with Crippen molar-refractivity contribution >= 4 is 5.69 Å². The Kier molecular flexibility index (Phi) is 2.26. The summed E-state index contributed by atoms with van der Waals surface area (Å²) in [4.78, 5) is 0. The Morgan fingerprint density at radius 1 is 1.25 bits per heavy atom. The third-order valence-electron chi connectivity index (χ3n) is 1.84. The van der Waals surface area contributed by atoms with Crippen molar-refractivity contribution in [1.29, 1.82) is 0 Å². The lowest BCUT2D eigenvalue weighted by Crippen LogP contribution is -2.14. The highest BCUT2D eigenvalue weighted by atomic mass is 19.4. The highest BCUT2D eigenvalue weighted by Gasteiger charge is 2.38. The fourth-order valence-electron chi connectivity index (χ4n) is 1.19. The number of benzene rings is 1. The molecule has 0 spiro atoms. The number of nitrogen functional groups attached to an aromatic ring is 1. The molecule has 0 amide bonds. The molecule has 0 atom stereocenters. The maximum Gasteiger partial charge on any atom is 0.453 e. The molecule has 0 fully saturated rings. The second-order valence-electron chi connectivity index (χ2n) is 3.01. The van der Waals surface area contributed by atoms with Crippen molar-refractivity contribution in [1.82, 2.24) is 20.2 Å². The molecule has 0 aliphatic heterocycles. The predicted octanol–water partition coefficient (Wildman–Crippen LogP) is 1.26. The Labute approximate surface area is 87.7 Å². The van der Waals surface area contributed by atoms with Crippen LogP contribution in [0.4, 0.5) is 18.9 Å². The first-order chi connectivity index (χ1) is 7.48. The second-order valence-corrected chi connectivity index (χ2v) is 3.01. The lowest BCUT2D eigenvalue weighted by molar-refractivity contribution is -0.146. The fraction of sp³-hybridized carbons (Fsp3) is 0.125. The van der Waals surface area contributed by atoms with Crippen molar-refractivity contribution in [2.45, 2.75) is 6.18 Å². The van der Waals surface area contributed by atoms with E-state index in [0.29, 0.717) is 10.4 Å². The average Bonchev–Trinajstić information content (AvgIpc) is 2.65. The Balaban J connectivity index is 2.53. The molecule has 2 rings (SSSR count). The lowest BCUT2D eigenvalue weighted by atomic mass is 10.3. The molecular formula is C8H6F3N5. The van der Waals surface area contributed by atoms with Crippen molar-refractivity contribution in [3.63, 3.8) is 0 Å². The third-order valence-corrected chi connectivity index (χ3v) is 1.84. The molecule has 5 nitrogen and oxygen atoms in total. The van der Waals surface area contributed by atoms with Crippen LogP contribution in [-0.4, -0.2) is 20.2 Å². The minimum Gasteiger partial charge on any atom is -0.399 e. The minimum absolute atomic E-state index is 0.164. The summed E-state index contributed by atoms with van der Waals surface area (Å²) in [7, 11) is 0. The van der Waals surface area contributed by atoms with E-state index >= 15 is 0 Å². The van der Waals surface area contributed by atoms with Crippen molar-refractivity contribution in [2.24, 2.45) is 0 Å². The quantitative estimate of drug-likeness (QED) is 0.747. The average molecular weight is 229 g/mol. The monoisotopic (exact) mass is 229 g/mol. The van der Waals surface area contributed by atoms with Gasteiger partial charge in [0.05, 0.1) is 5.69 Å². The molecule has 1 heterocycles. The smallest absolute Gasteiger partial charge is 0.399 e. The summed E-state index contributed by atoms with van der Waals surface area (Å²) in [5.74, 6) is -1.18. The van der Waals surface area contributed by atoms with Crippen LogP contribution < -0.4 is 5.73 Å². The summed E-state index contributed by atoms with van der Waals surface area (Å²) in [5.41, 5.74) is 5.96. The van der Waals surface area contributed by atoms with Crippen LogP contribution in [-0.2, 0) is 6.18 Å². The molecule has 1 aromatic carbocycles. The maximum absolute atomic E-state index is 12.5. The van der Waals surface area contributed by atoms with Gasteiger partial charge in [-0.2, -0.15) is 17.9 Å². The summed E-state index contributed by atoms with van der Waals surface area (Å²) in [6.45, 7) is 0. The zero-order chi connectivity index (χ0) is 11.8. The van der Waals surface area contributed by atoms with Crippen LogP contribution in [0, 0.1) is 0 Å². The van der Waals surface area contributed by atoms with E-state index in [1.165, 1.54) is 18.2 Å². The van der Waals surface area contributed by atoms with Crippen LogP contribution in [0.3, 0.4) is 0 Å². The molecule has 0 unspecified atom stereocenters. The Morgan fingerprint density at radius 3 is 2.62 bits per heavy atom. The van der Waals surface area contributed by atoms with Crippen molar-refractivity contribution in [3.05, 3.63) is 30.1 Å². The molecule has 16 heavy (non-hydrogen) atoms. The highest BCUT2D eigenvalue weighted by Crippen LogP contribution is 2.28. The molecule has 0 radical (unpaired) electrons. The van der Waals surface area contributed by atoms with Gasteiger partial charge in [-0.05, 0) is 28.6 Å². The highest BCUT2D eigenvalue weighted by molar-refractivity contribution is 5.47. The number of halogens is 3. The Hall–Kier alpha value is -2.12. The first-order valence-corrected chi connectivity index (χ1v) is 4.20. The number of rotatable bonds is 1. The summed E-state index contributed by atoms with van der Waals surface area (Å²) < 4.78 is 38.0. The number of nitrogens with zero attached hydrogens (tertiary/aromatic N) is 4. The maximum atomic E-state index is 12.5. The largest absolute Gasteiger partial charge is 0.453 e. The van der Waals surface area contributed by atoms with E-state index in [-0.39, 0.29) is 5.69 Å². The van der Waals surface area contributed by atoms with E-state index in [9.17, 15) is 13.2 Å². The summed E-state index contributed by atoms with van der Waals surface area (Å²) in [5, 5.41) is 9.20. The number of tetrazole rings is 1. The SMILES string of the molecule is Nc1cccc(-n2nnnc2C(F)(F)F)c1. The van der Waals surface area contributed by atoms with Crippen LogP contribution in [0.25, 0.3) is 5.69 Å². The number of hydrogen-bond acceptors (Lipinski definition) is 4. The molecule has 1 aromatic heterocycles. The van der Waals surface area contributed by atoms with Gasteiger partial charge in [-0.3, -0.25) is 0 Å². The zero-order valence-corrected chi connectivity index (χ0v) is 7.81. The van der Waals surface area contributed by atoms with Crippen molar-refractivity contribution < 1.29 is 13.2 Å². The van der Waals surface area contributed by atoms with Gasteiger partial charge >= 0.3 is 6.18 Å². The van der Waals surface area contributed by atoms with Gasteiger partial charge in [-0.1, -0.05) is 6.07 Å². The fourth-order valence-corrected chi connectivity index (χ4v) is 1.19. The van der Waals surface area contributed by atoms with Crippen LogP contribution >= 0.6 is 0 Å². The molecule has 0 aliphatic rings. The molecule has 2 N–H and O–H groups in total. The van der Waals surface area contributed by atoms with E-state index in [0.717, 1.165) is 0 Å². The first kappa shape index (κ1) is 10.4. The molecule has 2 aromatic rings. The van der Waals surface area contributed by atoms with Crippen molar-refractivity contribution in [3.8, 4) is 5.69 Å². The van der Waals surface area contributed by atoms with E-state index in [1.807, 2.05) is 0 Å². The predicted molar refractivity (Wildman–Crippen MR) is 48.6 cm³/mol. The normalized spacial score (nSPS) is 11.7. The van der Waals surface area contributed by atoms with Gasteiger partial charge in [-0.25, -0.2) is 0 Å². The Morgan fingerprint density at radius 2 is 2.00 bits per heavy atom. The van der Waals surface area contributed by atoms with Gasteiger partial charge in [-0.15, -0.1) is 5.10 Å². The summed E-state index contributed by atoms with van der Waals surface area (Å²) in [6.07, 6.45) is -4.60. The second kappa shape index (κ2) is 3.47. The van der Waals surface area contributed by atoms with Gasteiger partial charge in [0.15, 0.2) is 0 Å². The number of alkyl halides is 3. The minimum atomic E-state index is -4.60. The van der Waals surface area contributed by atoms with Gasteiger partial charge in [0.2, 0.25) is 0 Å². The molecule has 0 saturated carbocycles. The van der Waals surface area contributed by atoms with Crippen molar-refractivity contribution in [2.75, 3.05) is 5.73 Å². The standard InChI is InChI=1S/C8H6F3N5/c9-8(10,11)7-13-14-15-16(7)6-3-1-2-5(12)4-6/h1-4H,12H2. The van der Waals surface area contributed by atoms with E-state index in [1.54, 1.807) is 6.07 Å². The van der Waals surface area contributed by atoms with Crippen LogP contribution in [0.5, 0.6) is 0 Å². The molecule has 84 valence electrons. The van der Waals surface area contributed by atoms with Gasteiger partial charge in [0.1, 0.15) is 0 Å². The lowest BCUT2D eigenvalue weighted by Gasteiger charge is -2.07. The zero-order valence-electron chi connectivity index (χ0n) is 7.81. The van der Waals surface area contributed by atoms with E-state index in [4.69, 9.17) is 5.73 Å². The molecule has 8 heteroatoms. The molecular weight excluding hydrogens is 223 g/mol. The molecule has 0 bridgehead atoms. The topological polar surface area (TPSA) is 69.6 Å². The third kappa shape index (κ3) is 1.81. The molecule has 0 saturated heterocycles. The van der Waals surface area contributed by atoms with Crippen LogP contribution in [0.1, 0.15) is 5.82 Å². The first-order valence-electron chi connectivity index (χ1n) is 4.20. The number of aromatic nitrogens is 4. The van der Waals surface area contributed by atoms with Crippen LogP contribution in [0.2, 0.25) is 0 Å². The van der Waals surface area contributed by atoms with Crippen LogP contribution in [0.15, 0.2) is 24.3 Å². The number of nitrogens with two attached hydrogens (primary N) is 1. The molecule has 0 aliphatic carbocycles. The number of hydrogen-bond donors (Lipinski definition) is 1.